The lowest BCUT2D eigenvalue weighted by atomic mass is 9.77. The van der Waals surface area contributed by atoms with E-state index in [-0.39, 0.29) is 6.42 Å². The van der Waals surface area contributed by atoms with Crippen molar-refractivity contribution in [2.75, 3.05) is 14.2 Å². The zero-order valence-corrected chi connectivity index (χ0v) is 22.9. The van der Waals surface area contributed by atoms with Crippen LogP contribution in [-0.2, 0) is 14.4 Å². The van der Waals surface area contributed by atoms with Crippen LogP contribution in [-0.4, -0.2) is 49.2 Å². The van der Waals surface area contributed by atoms with Gasteiger partial charge < -0.3 is 19.4 Å². The molecule has 0 aliphatic heterocycles. The van der Waals surface area contributed by atoms with E-state index in [4.69, 9.17) is 14.3 Å². The summed E-state index contributed by atoms with van der Waals surface area (Å²) in [5.74, 6) is -1.45. The van der Waals surface area contributed by atoms with E-state index < -0.39 is 23.4 Å². The Balaban J connectivity index is 2.39. The number of nitrogens with zero attached hydrogens (tertiary/aromatic N) is 2. The van der Waals surface area contributed by atoms with E-state index >= 15 is 0 Å². The van der Waals surface area contributed by atoms with Gasteiger partial charge in [0.15, 0.2) is 5.54 Å². The fourth-order valence-electron chi connectivity index (χ4n) is 4.21. The predicted octanol–water partition coefficient (Wildman–Crippen LogP) is 6.30. The van der Waals surface area contributed by atoms with Gasteiger partial charge >= 0.3 is 11.9 Å². The summed E-state index contributed by atoms with van der Waals surface area (Å²) in [6, 6.07) is 14.3. The summed E-state index contributed by atoms with van der Waals surface area (Å²) in [4.78, 5) is 36.2. The van der Waals surface area contributed by atoms with Crippen LogP contribution < -0.4 is 9.47 Å². The summed E-state index contributed by atoms with van der Waals surface area (Å²) in [7, 11) is 3.16. The standard InChI is InChI=1S/C30H40N2O6/c1-5-7-9-11-27(28(33)38-32-22-24-14-18-26(37-4)19-15-24)30(29(34)35,20-10-8-6-2)31-21-23-12-16-25(36-3)17-13-23/h12-19,21-22,27H,5-11,20H2,1-4H3,(H,34,35). The highest BCUT2D eigenvalue weighted by molar-refractivity contribution is 5.91. The van der Waals surface area contributed by atoms with Crippen molar-refractivity contribution in [1.82, 2.24) is 0 Å². The maximum Gasteiger partial charge on any atom is 0.341 e. The number of aliphatic imine (C=N–C) groups is 1. The SMILES string of the molecule is CCCCCC(C(=O)ON=Cc1ccc(OC)cc1)C(CCCCC)(N=Cc1ccc(OC)cc1)C(=O)O. The number of unbranched alkanes of at least 4 members (excludes halogenated alkanes) is 4. The molecule has 0 saturated carbocycles. The average Bonchev–Trinajstić information content (AvgIpc) is 2.94. The normalized spacial score (nSPS) is 13.8. The largest absolute Gasteiger partial charge is 0.497 e. The zero-order chi connectivity index (χ0) is 27.8. The molecule has 2 unspecified atom stereocenters. The van der Waals surface area contributed by atoms with Crippen molar-refractivity contribution < 1.29 is 29.0 Å². The molecule has 0 bridgehead atoms. The second kappa shape index (κ2) is 16.2. The molecule has 1 N–H and O–H groups in total. The fourth-order valence-corrected chi connectivity index (χ4v) is 4.21. The molecule has 2 aromatic carbocycles. The Kier molecular flexibility index (Phi) is 13.0. The molecule has 8 heteroatoms. The molecule has 0 spiro atoms. The van der Waals surface area contributed by atoms with Gasteiger partial charge in [-0.1, -0.05) is 57.5 Å². The quantitative estimate of drug-likeness (QED) is 0.113. The number of carbonyl (C=O) groups excluding carboxylic acids is 1. The number of carbonyl (C=O) groups is 2. The Morgan fingerprint density at radius 1 is 0.842 bits per heavy atom. The van der Waals surface area contributed by atoms with Crippen molar-refractivity contribution >= 4 is 24.4 Å². The van der Waals surface area contributed by atoms with Crippen molar-refractivity contribution in [3.63, 3.8) is 0 Å². The lowest BCUT2D eigenvalue weighted by Gasteiger charge is -2.32. The minimum atomic E-state index is -1.67. The van der Waals surface area contributed by atoms with Gasteiger partial charge in [0, 0.05) is 6.21 Å². The molecular formula is C30H40N2O6. The Labute approximate surface area is 225 Å². The molecule has 8 nitrogen and oxygen atoms in total. The summed E-state index contributed by atoms with van der Waals surface area (Å²) in [5.41, 5.74) is -0.244. The Bertz CT molecular complexity index is 1050. The van der Waals surface area contributed by atoms with Gasteiger partial charge in [0.05, 0.1) is 26.4 Å². The van der Waals surface area contributed by atoms with Crippen LogP contribution in [0.5, 0.6) is 11.5 Å². The van der Waals surface area contributed by atoms with E-state index in [9.17, 15) is 14.7 Å². The van der Waals surface area contributed by atoms with Crippen LogP contribution in [0.25, 0.3) is 0 Å². The number of oxime groups is 1. The molecule has 2 aromatic rings. The van der Waals surface area contributed by atoms with E-state index in [1.807, 2.05) is 6.92 Å². The first kappa shape index (κ1) is 30.5. The third-order valence-electron chi connectivity index (χ3n) is 6.51. The molecule has 0 fully saturated rings. The van der Waals surface area contributed by atoms with Crippen LogP contribution in [0.1, 0.15) is 76.3 Å². The second-order valence-corrected chi connectivity index (χ2v) is 9.18. The number of benzene rings is 2. The smallest absolute Gasteiger partial charge is 0.341 e. The van der Waals surface area contributed by atoms with Crippen molar-refractivity contribution in [3.8, 4) is 11.5 Å². The zero-order valence-electron chi connectivity index (χ0n) is 22.9. The van der Waals surface area contributed by atoms with Crippen LogP contribution in [0.4, 0.5) is 0 Å². The summed E-state index contributed by atoms with van der Waals surface area (Å²) >= 11 is 0. The van der Waals surface area contributed by atoms with Gasteiger partial charge in [0.2, 0.25) is 0 Å². The maximum atomic E-state index is 13.4. The first-order chi connectivity index (χ1) is 18.4. The third-order valence-corrected chi connectivity index (χ3v) is 6.51. The maximum absolute atomic E-state index is 13.4. The molecule has 0 heterocycles. The van der Waals surface area contributed by atoms with E-state index in [1.165, 1.54) is 12.4 Å². The van der Waals surface area contributed by atoms with E-state index in [2.05, 4.69) is 17.1 Å². The van der Waals surface area contributed by atoms with Gasteiger partial charge in [-0.25, -0.2) is 9.59 Å². The fraction of sp³-hybridized carbons (Fsp3) is 0.467. The molecule has 2 atom stereocenters. The van der Waals surface area contributed by atoms with Crippen molar-refractivity contribution in [2.45, 2.75) is 70.8 Å². The summed E-state index contributed by atoms with van der Waals surface area (Å²) in [6.07, 6.45) is 8.35. The first-order valence-electron chi connectivity index (χ1n) is 13.2. The van der Waals surface area contributed by atoms with Crippen LogP contribution in [0.15, 0.2) is 58.7 Å². The number of carboxylic acid groups (broad SMARTS) is 1. The van der Waals surface area contributed by atoms with Crippen LogP contribution in [0, 0.1) is 5.92 Å². The highest BCUT2D eigenvalue weighted by Gasteiger charge is 2.49. The molecule has 2 rings (SSSR count). The molecule has 0 saturated heterocycles. The van der Waals surface area contributed by atoms with E-state index in [0.717, 1.165) is 25.7 Å². The minimum Gasteiger partial charge on any atom is -0.497 e. The lowest BCUT2D eigenvalue weighted by molar-refractivity contribution is -0.160. The van der Waals surface area contributed by atoms with E-state index in [0.29, 0.717) is 41.9 Å². The Hall–Kier alpha value is -3.68. The van der Waals surface area contributed by atoms with Gasteiger partial charge in [0.25, 0.3) is 0 Å². The molecular weight excluding hydrogens is 484 g/mol. The predicted molar refractivity (Wildman–Crippen MR) is 149 cm³/mol. The molecule has 0 radical (unpaired) electrons. The van der Waals surface area contributed by atoms with Gasteiger partial charge in [-0.3, -0.25) is 4.99 Å². The van der Waals surface area contributed by atoms with Crippen molar-refractivity contribution in [3.05, 3.63) is 59.7 Å². The number of aliphatic carboxylic acids is 1. The number of methoxy groups -OCH3 is 2. The second-order valence-electron chi connectivity index (χ2n) is 9.18. The number of hydrogen-bond acceptors (Lipinski definition) is 7. The summed E-state index contributed by atoms with van der Waals surface area (Å²) < 4.78 is 10.4. The third kappa shape index (κ3) is 9.01. The van der Waals surface area contributed by atoms with Crippen LogP contribution in [0.2, 0.25) is 0 Å². The van der Waals surface area contributed by atoms with Gasteiger partial charge in [-0.05, 0) is 72.5 Å². The number of hydrogen-bond donors (Lipinski definition) is 1. The molecule has 0 aliphatic rings. The number of rotatable bonds is 17. The van der Waals surface area contributed by atoms with Crippen LogP contribution >= 0.6 is 0 Å². The lowest BCUT2D eigenvalue weighted by Crippen LogP contribution is -2.48. The van der Waals surface area contributed by atoms with Crippen molar-refractivity contribution in [2.24, 2.45) is 16.1 Å². The van der Waals surface area contributed by atoms with Crippen molar-refractivity contribution in [1.29, 1.82) is 0 Å². The molecule has 38 heavy (non-hydrogen) atoms. The molecule has 0 aliphatic carbocycles. The summed E-state index contributed by atoms with van der Waals surface area (Å²) in [6.45, 7) is 4.10. The van der Waals surface area contributed by atoms with Gasteiger partial charge in [0.1, 0.15) is 11.5 Å². The highest BCUT2D eigenvalue weighted by Crippen LogP contribution is 2.35. The van der Waals surface area contributed by atoms with Gasteiger partial charge in [-0.15, -0.1) is 0 Å². The van der Waals surface area contributed by atoms with Gasteiger partial charge in [-0.2, -0.15) is 0 Å². The average molecular weight is 525 g/mol. The van der Waals surface area contributed by atoms with Crippen LogP contribution in [0.3, 0.4) is 0 Å². The molecule has 0 amide bonds. The van der Waals surface area contributed by atoms with E-state index in [1.54, 1.807) is 62.8 Å². The minimum absolute atomic E-state index is 0.219. The Morgan fingerprint density at radius 3 is 1.87 bits per heavy atom. The Morgan fingerprint density at radius 2 is 1.37 bits per heavy atom. The molecule has 206 valence electrons. The number of ether oxygens (including phenoxy) is 2. The topological polar surface area (TPSA) is 107 Å². The number of carboxylic acids is 1. The first-order valence-corrected chi connectivity index (χ1v) is 13.2. The molecule has 0 aromatic heterocycles. The summed E-state index contributed by atoms with van der Waals surface area (Å²) in [5, 5.41) is 14.4. The monoisotopic (exact) mass is 524 g/mol. The highest BCUT2D eigenvalue weighted by atomic mass is 16.7.